The van der Waals surface area contributed by atoms with Gasteiger partial charge in [0.15, 0.2) is 0 Å². The summed E-state index contributed by atoms with van der Waals surface area (Å²) in [5, 5.41) is 5.60. The number of carbonyl (C=O) groups excluding carboxylic acids is 2. The molecule has 1 aliphatic rings. The molecular formula is C14H17N3O3. The molecule has 0 amide bonds. The van der Waals surface area contributed by atoms with Crippen LogP contribution in [0.15, 0.2) is 29.4 Å². The van der Waals surface area contributed by atoms with Gasteiger partial charge in [-0.3, -0.25) is 9.80 Å². The van der Waals surface area contributed by atoms with Crippen molar-refractivity contribution in [3.05, 3.63) is 29.8 Å². The normalized spacial score (nSPS) is 17.8. The lowest BCUT2D eigenvalue weighted by Gasteiger charge is -2.16. The van der Waals surface area contributed by atoms with Crippen LogP contribution in [-0.2, 0) is 9.53 Å². The van der Waals surface area contributed by atoms with Gasteiger partial charge in [0.1, 0.15) is 11.8 Å². The van der Waals surface area contributed by atoms with Gasteiger partial charge in [-0.25, -0.2) is 4.79 Å². The number of hydrazone groups is 1. The molecule has 1 heterocycles. The van der Waals surface area contributed by atoms with Crippen molar-refractivity contribution in [1.29, 1.82) is 0 Å². The van der Waals surface area contributed by atoms with Crippen molar-refractivity contribution in [2.75, 3.05) is 19.4 Å². The molecule has 106 valence electrons. The molecule has 0 aliphatic carbocycles. The fraction of sp³-hybridized carbons (Fsp3) is 0.357. The monoisotopic (exact) mass is 275 g/mol. The number of ether oxygens (including phenoxy) is 1. The van der Waals surface area contributed by atoms with E-state index in [0.29, 0.717) is 23.6 Å². The number of likely N-dealkylation sites (N-methyl/N-ethyl adjacent to an activating group) is 1. The van der Waals surface area contributed by atoms with E-state index in [1.165, 1.54) is 5.01 Å². The number of para-hydroxylation sites is 1. The van der Waals surface area contributed by atoms with Crippen LogP contribution in [0.4, 0.5) is 5.69 Å². The highest BCUT2D eigenvalue weighted by molar-refractivity contribution is 6.47. The van der Waals surface area contributed by atoms with Crippen LogP contribution in [-0.4, -0.2) is 42.2 Å². The fourth-order valence-corrected chi connectivity index (χ4v) is 2.09. The number of anilines is 1. The summed E-state index contributed by atoms with van der Waals surface area (Å²) in [5.41, 5.74) is 6.92. The van der Waals surface area contributed by atoms with E-state index in [4.69, 9.17) is 10.5 Å². The molecule has 0 aromatic heterocycles. The number of hydrogen-bond acceptors (Lipinski definition) is 6. The molecular weight excluding hydrogens is 258 g/mol. The second-order valence-corrected chi connectivity index (χ2v) is 4.51. The number of Topliss-reactive ketones (excluding diaryl/α,β-unsaturated/α-hetero) is 1. The maximum atomic E-state index is 12.3. The highest BCUT2D eigenvalue weighted by Crippen LogP contribution is 2.20. The Labute approximate surface area is 117 Å². The van der Waals surface area contributed by atoms with E-state index in [0.717, 1.165) is 0 Å². The van der Waals surface area contributed by atoms with E-state index >= 15 is 0 Å². The number of nitrogen functional groups attached to an aromatic ring is 1. The first-order chi connectivity index (χ1) is 9.54. The number of nitrogens with zero attached hydrogens (tertiary/aromatic N) is 2. The third-order valence-corrected chi connectivity index (χ3v) is 3.14. The number of carbonyl (C=O) groups is 2. The summed E-state index contributed by atoms with van der Waals surface area (Å²) in [6.45, 7) is 2.04. The molecule has 2 N–H and O–H groups in total. The summed E-state index contributed by atoms with van der Waals surface area (Å²) >= 11 is 0. The summed E-state index contributed by atoms with van der Waals surface area (Å²) in [7, 11) is 1.65. The number of rotatable bonds is 4. The van der Waals surface area contributed by atoms with Crippen molar-refractivity contribution in [2.45, 2.75) is 19.4 Å². The summed E-state index contributed by atoms with van der Waals surface area (Å²) < 4.78 is 4.96. The van der Waals surface area contributed by atoms with Gasteiger partial charge in [-0.15, -0.1) is 0 Å². The largest absolute Gasteiger partial charge is 0.464 e. The van der Waals surface area contributed by atoms with E-state index in [9.17, 15) is 9.59 Å². The number of nitrogens with two attached hydrogens (primary N) is 1. The standard InChI is InChI=1S/C14H17N3O3/c1-3-20-14(19)12-8-11(16-17(12)2)13(18)9-6-4-5-7-10(9)15/h4-7,12H,3,8,15H2,1-2H3. The molecule has 1 aromatic carbocycles. The Morgan fingerprint density at radius 3 is 2.80 bits per heavy atom. The van der Waals surface area contributed by atoms with E-state index < -0.39 is 6.04 Å². The van der Waals surface area contributed by atoms with Gasteiger partial charge in [0.2, 0.25) is 5.78 Å². The van der Waals surface area contributed by atoms with Gasteiger partial charge in [-0.2, -0.15) is 5.10 Å². The highest BCUT2D eigenvalue weighted by Gasteiger charge is 2.34. The van der Waals surface area contributed by atoms with E-state index in [1.54, 1.807) is 38.2 Å². The summed E-state index contributed by atoms with van der Waals surface area (Å²) in [6, 6.07) is 6.27. The van der Waals surface area contributed by atoms with Crippen LogP contribution in [0.1, 0.15) is 23.7 Å². The Balaban J connectivity index is 2.16. The van der Waals surface area contributed by atoms with Crippen molar-refractivity contribution in [3.8, 4) is 0 Å². The molecule has 1 unspecified atom stereocenters. The Morgan fingerprint density at radius 1 is 1.45 bits per heavy atom. The second-order valence-electron chi connectivity index (χ2n) is 4.51. The zero-order valence-corrected chi connectivity index (χ0v) is 11.5. The average molecular weight is 275 g/mol. The lowest BCUT2D eigenvalue weighted by atomic mass is 10.0. The van der Waals surface area contributed by atoms with Crippen molar-refractivity contribution in [2.24, 2.45) is 5.10 Å². The molecule has 2 rings (SSSR count). The van der Waals surface area contributed by atoms with E-state index in [-0.39, 0.29) is 18.2 Å². The van der Waals surface area contributed by atoms with Gasteiger partial charge in [0, 0.05) is 24.7 Å². The summed E-state index contributed by atoms with van der Waals surface area (Å²) in [5.74, 6) is -0.621. The molecule has 6 nitrogen and oxygen atoms in total. The highest BCUT2D eigenvalue weighted by atomic mass is 16.5. The van der Waals surface area contributed by atoms with Gasteiger partial charge >= 0.3 is 5.97 Å². The Hall–Kier alpha value is -2.37. The predicted octanol–water partition coefficient (Wildman–Crippen LogP) is 1.07. The third kappa shape index (κ3) is 2.64. The quantitative estimate of drug-likeness (QED) is 0.505. The molecule has 20 heavy (non-hydrogen) atoms. The molecule has 0 radical (unpaired) electrons. The average Bonchev–Trinajstić information content (AvgIpc) is 2.81. The minimum Gasteiger partial charge on any atom is -0.464 e. The molecule has 1 aromatic rings. The minimum atomic E-state index is -0.543. The molecule has 1 atom stereocenters. The predicted molar refractivity (Wildman–Crippen MR) is 75.4 cm³/mol. The van der Waals surface area contributed by atoms with Crippen LogP contribution in [0.25, 0.3) is 0 Å². The zero-order chi connectivity index (χ0) is 14.7. The number of hydrogen-bond donors (Lipinski definition) is 1. The van der Waals surface area contributed by atoms with Crippen molar-refractivity contribution in [1.82, 2.24) is 5.01 Å². The number of esters is 1. The lowest BCUT2D eigenvalue weighted by molar-refractivity contribution is -0.148. The first-order valence-corrected chi connectivity index (χ1v) is 6.40. The molecule has 1 aliphatic heterocycles. The van der Waals surface area contributed by atoms with Crippen LogP contribution in [0.3, 0.4) is 0 Å². The second kappa shape index (κ2) is 5.73. The molecule has 0 spiro atoms. The lowest BCUT2D eigenvalue weighted by Crippen LogP contribution is -2.33. The molecule has 0 fully saturated rings. The van der Waals surface area contributed by atoms with Crippen LogP contribution in [0, 0.1) is 0 Å². The van der Waals surface area contributed by atoms with Crippen molar-refractivity contribution < 1.29 is 14.3 Å². The van der Waals surface area contributed by atoms with Crippen molar-refractivity contribution in [3.63, 3.8) is 0 Å². The van der Waals surface area contributed by atoms with Crippen LogP contribution in [0.2, 0.25) is 0 Å². The topological polar surface area (TPSA) is 85.0 Å². The molecule has 0 saturated carbocycles. The Bertz CT molecular complexity index is 569. The van der Waals surface area contributed by atoms with Gasteiger partial charge < -0.3 is 10.5 Å². The SMILES string of the molecule is CCOC(=O)C1CC(C(=O)c2ccccc2N)=NN1C. The third-order valence-electron chi connectivity index (χ3n) is 3.14. The zero-order valence-electron chi connectivity index (χ0n) is 11.5. The van der Waals surface area contributed by atoms with Gasteiger partial charge in [-0.1, -0.05) is 12.1 Å². The minimum absolute atomic E-state index is 0.239. The van der Waals surface area contributed by atoms with Crippen LogP contribution in [0.5, 0.6) is 0 Å². The van der Waals surface area contributed by atoms with Crippen LogP contribution < -0.4 is 5.73 Å². The molecule has 0 bridgehead atoms. The van der Waals surface area contributed by atoms with Crippen molar-refractivity contribution >= 4 is 23.2 Å². The maximum absolute atomic E-state index is 12.3. The number of benzene rings is 1. The van der Waals surface area contributed by atoms with Gasteiger partial charge in [-0.05, 0) is 19.1 Å². The van der Waals surface area contributed by atoms with Crippen LogP contribution >= 0.6 is 0 Å². The van der Waals surface area contributed by atoms with Gasteiger partial charge in [0.05, 0.1) is 6.61 Å². The maximum Gasteiger partial charge on any atom is 0.330 e. The summed E-state index contributed by atoms with van der Waals surface area (Å²) in [6.07, 6.45) is 0.239. The first kappa shape index (κ1) is 14.0. The number of ketones is 1. The summed E-state index contributed by atoms with van der Waals surface area (Å²) in [4.78, 5) is 24.1. The molecule has 0 saturated heterocycles. The van der Waals surface area contributed by atoms with E-state index in [1.807, 2.05) is 0 Å². The Morgan fingerprint density at radius 2 is 2.15 bits per heavy atom. The smallest absolute Gasteiger partial charge is 0.330 e. The first-order valence-electron chi connectivity index (χ1n) is 6.40. The molecule has 6 heteroatoms. The fourth-order valence-electron chi connectivity index (χ4n) is 2.09. The van der Waals surface area contributed by atoms with E-state index in [2.05, 4.69) is 5.10 Å². The van der Waals surface area contributed by atoms with Gasteiger partial charge in [0.25, 0.3) is 0 Å². The Kier molecular flexibility index (Phi) is 4.02.